The van der Waals surface area contributed by atoms with Crippen molar-refractivity contribution in [2.24, 2.45) is 0 Å². The van der Waals surface area contributed by atoms with Crippen molar-refractivity contribution in [1.82, 2.24) is 10.3 Å². The zero-order chi connectivity index (χ0) is 18.0. The van der Waals surface area contributed by atoms with Gasteiger partial charge in [-0.1, -0.05) is 34.8 Å². The summed E-state index contributed by atoms with van der Waals surface area (Å²) < 4.78 is 17.8. The van der Waals surface area contributed by atoms with Crippen molar-refractivity contribution in [3.8, 4) is 0 Å². The van der Waals surface area contributed by atoms with Crippen LogP contribution >= 0.6 is 34.8 Å². The van der Waals surface area contributed by atoms with Crippen LogP contribution in [-0.4, -0.2) is 35.6 Å². The van der Waals surface area contributed by atoms with Crippen molar-refractivity contribution >= 4 is 46.6 Å². The van der Waals surface area contributed by atoms with Crippen molar-refractivity contribution in [3.63, 3.8) is 0 Å². The predicted octanol–water partition coefficient (Wildman–Crippen LogP) is 3.68. The summed E-state index contributed by atoms with van der Waals surface area (Å²) in [6, 6.07) is -0.425. The second-order valence-electron chi connectivity index (χ2n) is 5.12. The monoisotopic (exact) mass is 394 g/mol. The Morgan fingerprint density at radius 3 is 2.54 bits per heavy atom. The third-order valence-corrected chi connectivity index (χ3v) is 4.56. The maximum absolute atomic E-state index is 13.0. The van der Waals surface area contributed by atoms with Crippen molar-refractivity contribution in [2.75, 3.05) is 6.61 Å². The highest BCUT2D eigenvalue weighted by Crippen LogP contribution is 2.34. The van der Waals surface area contributed by atoms with Crippen LogP contribution in [0, 0.1) is 6.92 Å². The topological polar surface area (TPSA) is 68.3 Å². The van der Waals surface area contributed by atoms with Crippen molar-refractivity contribution in [2.45, 2.75) is 32.5 Å². The van der Waals surface area contributed by atoms with E-state index in [4.69, 9.17) is 39.5 Å². The quantitative estimate of drug-likeness (QED) is 0.199. The molecule has 0 amide bonds. The molecule has 0 spiro atoms. The Bertz CT molecular complexity index is 724. The molecule has 1 aliphatic rings. The zero-order valence-electron chi connectivity index (χ0n) is 12.8. The fraction of sp³-hybridized carbons (Fsp3) is 0.400. The molecule has 1 aromatic rings. The van der Waals surface area contributed by atoms with Crippen LogP contribution in [0.1, 0.15) is 29.4 Å². The third kappa shape index (κ3) is 3.99. The molecule has 1 saturated carbocycles. The minimum Gasteiger partial charge on any atom is -0.462 e. The molecule has 130 valence electrons. The van der Waals surface area contributed by atoms with E-state index in [1.165, 1.54) is 6.92 Å². The fourth-order valence-electron chi connectivity index (χ4n) is 1.96. The normalized spacial score (nSPS) is 19.8. The number of pyridine rings is 1. The lowest BCUT2D eigenvalue weighted by molar-refractivity contribution is -0.138. The summed E-state index contributed by atoms with van der Waals surface area (Å²) in [7, 11) is 0. The number of halogens is 4. The molecule has 0 aliphatic heterocycles. The van der Waals surface area contributed by atoms with Gasteiger partial charge in [-0.05, 0) is 13.8 Å². The highest BCUT2D eigenvalue weighted by Gasteiger charge is 2.37. The molecule has 2 atom stereocenters. The van der Waals surface area contributed by atoms with Gasteiger partial charge in [-0.2, -0.15) is 0 Å². The molecule has 0 aromatic carbocycles. The standard InChI is InChI=1S/C15H14Cl3FN2O3/c1-3-24-15(23)7(5-20-9-4-8(9)19)13(22)10-6(2)21-14(18)12(17)11(10)16/h5,8-9,20H,3-4H2,1-2H3/t8-,9+/m0/s1. The number of aryl methyl sites for hydroxylation is 1. The van der Waals surface area contributed by atoms with E-state index in [-0.39, 0.29) is 38.6 Å². The summed E-state index contributed by atoms with van der Waals surface area (Å²) in [5.41, 5.74) is -0.162. The first kappa shape index (κ1) is 19.0. The minimum atomic E-state index is -1.00. The lowest BCUT2D eigenvalue weighted by Crippen LogP contribution is -2.22. The maximum Gasteiger partial charge on any atom is 0.343 e. The number of rotatable bonds is 6. The number of Topliss-reactive ketones (excluding diaryl/α,β-unsaturated/α-hetero) is 1. The summed E-state index contributed by atoms with van der Waals surface area (Å²) in [6.07, 6.45) is 0.453. The number of hydrogen-bond donors (Lipinski definition) is 1. The average Bonchev–Trinajstić information content (AvgIpc) is 3.21. The second-order valence-corrected chi connectivity index (χ2v) is 6.24. The third-order valence-electron chi connectivity index (χ3n) is 3.34. The molecule has 0 unspecified atom stereocenters. The van der Waals surface area contributed by atoms with Crippen LogP contribution in [0.4, 0.5) is 4.39 Å². The number of ketones is 1. The molecule has 24 heavy (non-hydrogen) atoms. The van der Waals surface area contributed by atoms with Gasteiger partial charge < -0.3 is 10.1 Å². The van der Waals surface area contributed by atoms with E-state index in [1.807, 2.05) is 0 Å². The molecule has 1 aliphatic carbocycles. The first-order valence-electron chi connectivity index (χ1n) is 7.11. The SMILES string of the molecule is CCOC(=O)C(=CN[C@@H]1C[C@@H]1F)C(=O)c1c(C)nc(Cl)c(Cl)c1Cl. The van der Waals surface area contributed by atoms with E-state index < -0.39 is 24.0 Å². The van der Waals surface area contributed by atoms with Gasteiger partial charge in [0.2, 0.25) is 5.78 Å². The number of aromatic nitrogens is 1. The first-order valence-corrected chi connectivity index (χ1v) is 8.24. The highest BCUT2D eigenvalue weighted by molar-refractivity contribution is 6.49. The largest absolute Gasteiger partial charge is 0.462 e. The van der Waals surface area contributed by atoms with Crippen LogP contribution in [0.3, 0.4) is 0 Å². The second kappa shape index (κ2) is 7.68. The Hall–Kier alpha value is -1.37. The number of alkyl halides is 1. The number of esters is 1. The van der Waals surface area contributed by atoms with Crippen molar-refractivity contribution in [1.29, 1.82) is 0 Å². The summed E-state index contributed by atoms with van der Waals surface area (Å²) >= 11 is 17.8. The number of nitrogens with zero attached hydrogens (tertiary/aromatic N) is 1. The number of carbonyl (C=O) groups excluding carboxylic acids is 2. The van der Waals surface area contributed by atoms with Gasteiger partial charge in [0.05, 0.1) is 34.0 Å². The number of ether oxygens (including phenoxy) is 1. The van der Waals surface area contributed by atoms with Crippen molar-refractivity contribution < 1.29 is 18.7 Å². The van der Waals surface area contributed by atoms with Gasteiger partial charge in [-0.25, -0.2) is 14.2 Å². The predicted molar refractivity (Wildman–Crippen MR) is 89.5 cm³/mol. The van der Waals surface area contributed by atoms with E-state index in [2.05, 4.69) is 10.3 Å². The maximum atomic E-state index is 13.0. The van der Waals surface area contributed by atoms with E-state index in [0.29, 0.717) is 6.42 Å². The van der Waals surface area contributed by atoms with Gasteiger partial charge in [0, 0.05) is 12.6 Å². The smallest absolute Gasteiger partial charge is 0.343 e. The Morgan fingerprint density at radius 1 is 1.38 bits per heavy atom. The molecule has 1 heterocycles. The van der Waals surface area contributed by atoms with Gasteiger partial charge in [-0.3, -0.25) is 4.79 Å². The lowest BCUT2D eigenvalue weighted by atomic mass is 10.0. The van der Waals surface area contributed by atoms with Crippen LogP contribution in [0.25, 0.3) is 0 Å². The van der Waals surface area contributed by atoms with E-state index in [1.54, 1.807) is 6.92 Å². The summed E-state index contributed by atoms with van der Waals surface area (Å²) in [5.74, 6) is -1.59. The van der Waals surface area contributed by atoms with E-state index in [0.717, 1.165) is 6.20 Å². The Labute approximate surface area is 153 Å². The highest BCUT2D eigenvalue weighted by atomic mass is 35.5. The molecular formula is C15H14Cl3FN2O3. The van der Waals surface area contributed by atoms with E-state index in [9.17, 15) is 14.0 Å². The first-order chi connectivity index (χ1) is 11.3. The molecule has 1 aromatic heterocycles. The Morgan fingerprint density at radius 2 is 2.00 bits per heavy atom. The fourth-order valence-corrected chi connectivity index (χ4v) is 2.68. The average molecular weight is 396 g/mol. The molecular weight excluding hydrogens is 382 g/mol. The van der Waals surface area contributed by atoms with Gasteiger partial charge in [0.25, 0.3) is 0 Å². The molecule has 0 saturated heterocycles. The molecule has 1 fully saturated rings. The molecule has 1 N–H and O–H groups in total. The van der Waals surface area contributed by atoms with Crippen LogP contribution in [-0.2, 0) is 9.53 Å². The van der Waals surface area contributed by atoms with E-state index >= 15 is 0 Å². The van der Waals surface area contributed by atoms with Crippen LogP contribution in [0.15, 0.2) is 11.8 Å². The van der Waals surface area contributed by atoms with Gasteiger partial charge in [-0.15, -0.1) is 0 Å². The van der Waals surface area contributed by atoms with Gasteiger partial charge in [0.15, 0.2) is 0 Å². The molecule has 2 rings (SSSR count). The van der Waals surface area contributed by atoms with Crippen LogP contribution in [0.5, 0.6) is 0 Å². The summed E-state index contributed by atoms with van der Waals surface area (Å²) in [6.45, 7) is 3.19. The minimum absolute atomic E-state index is 0.0474. The summed E-state index contributed by atoms with van der Waals surface area (Å²) in [4.78, 5) is 28.8. The van der Waals surface area contributed by atoms with Crippen LogP contribution in [0.2, 0.25) is 15.2 Å². The van der Waals surface area contributed by atoms with Crippen molar-refractivity contribution in [3.05, 3.63) is 38.2 Å². The Kier molecular flexibility index (Phi) is 6.06. The molecule has 0 bridgehead atoms. The lowest BCUT2D eigenvalue weighted by Gasteiger charge is -2.12. The van der Waals surface area contributed by atoms with Gasteiger partial charge in [0.1, 0.15) is 16.9 Å². The Balaban J connectivity index is 2.41. The van der Waals surface area contributed by atoms with Crippen LogP contribution < -0.4 is 5.32 Å². The summed E-state index contributed by atoms with van der Waals surface area (Å²) in [5, 5.41) is 2.44. The number of nitrogens with one attached hydrogen (secondary N) is 1. The number of hydrogen-bond acceptors (Lipinski definition) is 5. The molecule has 0 radical (unpaired) electrons. The molecule has 5 nitrogen and oxygen atoms in total. The van der Waals surface area contributed by atoms with Gasteiger partial charge >= 0.3 is 5.97 Å². The molecule has 9 heteroatoms. The number of carbonyl (C=O) groups is 2. The zero-order valence-corrected chi connectivity index (χ0v) is 15.1.